The van der Waals surface area contributed by atoms with Crippen LogP contribution >= 0.6 is 22.9 Å². The Morgan fingerprint density at radius 3 is 2.88 bits per heavy atom. The molecule has 1 atom stereocenters. The summed E-state index contributed by atoms with van der Waals surface area (Å²) in [5.74, 6) is 0. The zero-order valence-electron chi connectivity index (χ0n) is 9.48. The van der Waals surface area contributed by atoms with Gasteiger partial charge in [0.15, 0.2) is 5.13 Å². The maximum Gasteiger partial charge on any atom is 0.187 e. The zero-order chi connectivity index (χ0) is 11.7. The normalized spacial score (nSPS) is 22.8. The van der Waals surface area contributed by atoms with Crippen molar-refractivity contribution in [3.63, 3.8) is 0 Å². The van der Waals surface area contributed by atoms with E-state index in [4.69, 9.17) is 16.7 Å². The fourth-order valence-corrected chi connectivity index (χ4v) is 3.21. The van der Waals surface area contributed by atoms with Gasteiger partial charge in [-0.25, -0.2) is 4.98 Å². The fourth-order valence-electron chi connectivity index (χ4n) is 1.97. The Kier molecular flexibility index (Phi) is 3.69. The minimum absolute atomic E-state index is 0.0291. The van der Waals surface area contributed by atoms with Crippen molar-refractivity contribution in [2.75, 3.05) is 31.6 Å². The molecule has 2 heterocycles. The molecule has 0 amide bonds. The van der Waals surface area contributed by atoms with Crippen molar-refractivity contribution in [2.45, 2.75) is 19.6 Å². The third kappa shape index (κ3) is 2.32. The van der Waals surface area contributed by atoms with Gasteiger partial charge >= 0.3 is 0 Å². The lowest BCUT2D eigenvalue weighted by molar-refractivity contribution is 0.275. The highest BCUT2D eigenvalue weighted by Crippen LogP contribution is 2.31. The number of anilines is 1. The zero-order valence-corrected chi connectivity index (χ0v) is 11.1. The molecule has 1 unspecified atom stereocenters. The number of aromatic nitrogens is 1. The van der Waals surface area contributed by atoms with Crippen LogP contribution in [0.15, 0.2) is 0 Å². The first-order chi connectivity index (χ1) is 7.61. The second kappa shape index (κ2) is 4.87. The molecule has 0 aliphatic carbocycles. The number of hydrogen-bond acceptors (Lipinski definition) is 5. The lowest BCUT2D eigenvalue weighted by Gasteiger charge is -2.38. The van der Waals surface area contributed by atoms with Crippen molar-refractivity contribution < 1.29 is 5.11 Å². The maximum atomic E-state index is 9.10. The highest BCUT2D eigenvalue weighted by atomic mass is 35.5. The molecule has 0 aromatic carbocycles. The molecular weight excluding hydrogens is 246 g/mol. The quantitative estimate of drug-likeness (QED) is 0.874. The number of rotatable bonds is 2. The average molecular weight is 262 g/mol. The Balaban J connectivity index is 2.17. The van der Waals surface area contributed by atoms with Crippen LogP contribution in [0.3, 0.4) is 0 Å². The van der Waals surface area contributed by atoms with Gasteiger partial charge in [0.25, 0.3) is 0 Å². The molecule has 1 aromatic heterocycles. The van der Waals surface area contributed by atoms with Crippen LogP contribution in [0.1, 0.15) is 11.8 Å². The second-order valence-corrected chi connectivity index (χ2v) is 5.59. The van der Waals surface area contributed by atoms with Crippen LogP contribution in [0.25, 0.3) is 0 Å². The molecule has 0 spiro atoms. The molecule has 1 N–H and O–H groups in total. The van der Waals surface area contributed by atoms with Gasteiger partial charge in [-0.3, -0.25) is 0 Å². The summed E-state index contributed by atoms with van der Waals surface area (Å²) in [6.45, 7) is 5.19. The van der Waals surface area contributed by atoms with E-state index in [0.717, 1.165) is 29.6 Å². The Morgan fingerprint density at radius 1 is 1.56 bits per heavy atom. The van der Waals surface area contributed by atoms with Crippen molar-refractivity contribution in [2.24, 2.45) is 0 Å². The molecule has 4 nitrogen and oxygen atoms in total. The Labute approximate surface area is 104 Å². The maximum absolute atomic E-state index is 9.10. The largest absolute Gasteiger partial charge is 0.391 e. The number of aliphatic hydroxyl groups is 1. The summed E-state index contributed by atoms with van der Waals surface area (Å²) in [5, 5.41) is 10.5. The Hall–Kier alpha value is -0.360. The molecule has 0 bridgehead atoms. The summed E-state index contributed by atoms with van der Waals surface area (Å²) in [7, 11) is 2.13. The van der Waals surface area contributed by atoms with Crippen molar-refractivity contribution in [3.8, 4) is 0 Å². The minimum atomic E-state index is -0.0291. The van der Waals surface area contributed by atoms with Crippen molar-refractivity contribution in [1.82, 2.24) is 9.88 Å². The molecule has 0 saturated carbocycles. The SMILES string of the molecule is CC1CN(C)CCN1c1nc(Cl)c(CO)s1. The summed E-state index contributed by atoms with van der Waals surface area (Å²) >= 11 is 7.43. The number of piperazine rings is 1. The van der Waals surface area contributed by atoms with Crippen LogP contribution in [-0.2, 0) is 6.61 Å². The average Bonchev–Trinajstić information content (AvgIpc) is 2.59. The number of thiazole rings is 1. The standard InChI is InChI=1S/C10H16ClN3OS/c1-7-5-13(2)3-4-14(7)10-12-9(11)8(6-15)16-10/h7,15H,3-6H2,1-2H3. The van der Waals surface area contributed by atoms with E-state index in [0.29, 0.717) is 11.2 Å². The number of nitrogens with zero attached hydrogens (tertiary/aromatic N) is 3. The molecule has 1 aliphatic rings. The van der Waals surface area contributed by atoms with Gasteiger partial charge in [-0.05, 0) is 14.0 Å². The van der Waals surface area contributed by atoms with Crippen LogP contribution in [0.4, 0.5) is 5.13 Å². The van der Waals surface area contributed by atoms with Crippen molar-refractivity contribution in [3.05, 3.63) is 10.0 Å². The van der Waals surface area contributed by atoms with Crippen LogP contribution in [0, 0.1) is 0 Å². The Morgan fingerprint density at radius 2 is 2.31 bits per heavy atom. The Bertz CT molecular complexity index is 371. The monoisotopic (exact) mass is 261 g/mol. The molecule has 1 aliphatic heterocycles. The van der Waals surface area contributed by atoms with E-state index in [1.54, 1.807) is 0 Å². The van der Waals surface area contributed by atoms with Crippen LogP contribution in [0.2, 0.25) is 5.15 Å². The van der Waals surface area contributed by atoms with Crippen LogP contribution < -0.4 is 4.90 Å². The van der Waals surface area contributed by atoms with Gasteiger partial charge in [0.2, 0.25) is 0 Å². The number of halogens is 1. The van der Waals surface area contributed by atoms with Crippen LogP contribution in [-0.4, -0.2) is 47.7 Å². The van der Waals surface area contributed by atoms with E-state index >= 15 is 0 Å². The highest BCUT2D eigenvalue weighted by Gasteiger charge is 2.24. The van der Waals surface area contributed by atoms with E-state index in [1.807, 2.05) is 0 Å². The van der Waals surface area contributed by atoms with Crippen LogP contribution in [0.5, 0.6) is 0 Å². The van der Waals surface area contributed by atoms with Crippen molar-refractivity contribution in [1.29, 1.82) is 0 Å². The predicted molar refractivity (Wildman–Crippen MR) is 67.4 cm³/mol. The van der Waals surface area contributed by atoms with Crippen molar-refractivity contribution >= 4 is 28.1 Å². The molecule has 16 heavy (non-hydrogen) atoms. The number of aliphatic hydroxyl groups excluding tert-OH is 1. The first-order valence-electron chi connectivity index (χ1n) is 5.33. The van der Waals surface area contributed by atoms with Gasteiger partial charge in [-0.15, -0.1) is 0 Å². The van der Waals surface area contributed by atoms with Gasteiger partial charge < -0.3 is 14.9 Å². The topological polar surface area (TPSA) is 39.6 Å². The lowest BCUT2D eigenvalue weighted by Crippen LogP contribution is -2.50. The molecular formula is C10H16ClN3OS. The fraction of sp³-hybridized carbons (Fsp3) is 0.700. The lowest BCUT2D eigenvalue weighted by atomic mass is 10.2. The summed E-state index contributed by atoms with van der Waals surface area (Å²) in [6, 6.07) is 0.438. The van der Waals surface area contributed by atoms with E-state index in [1.165, 1.54) is 11.3 Å². The summed E-state index contributed by atoms with van der Waals surface area (Å²) < 4.78 is 0. The van der Waals surface area contributed by atoms with Gasteiger partial charge in [0.05, 0.1) is 11.5 Å². The van der Waals surface area contributed by atoms with E-state index in [9.17, 15) is 0 Å². The first kappa shape index (κ1) is 12.1. The van der Waals surface area contributed by atoms with Gasteiger partial charge in [-0.1, -0.05) is 22.9 Å². The van der Waals surface area contributed by atoms with Gasteiger partial charge in [0, 0.05) is 25.7 Å². The molecule has 6 heteroatoms. The highest BCUT2D eigenvalue weighted by molar-refractivity contribution is 7.16. The van der Waals surface area contributed by atoms with Gasteiger partial charge in [-0.2, -0.15) is 0 Å². The van der Waals surface area contributed by atoms with E-state index in [-0.39, 0.29) is 6.61 Å². The third-order valence-corrected chi connectivity index (χ3v) is 4.36. The number of likely N-dealkylation sites (N-methyl/N-ethyl adjacent to an activating group) is 1. The molecule has 1 saturated heterocycles. The summed E-state index contributed by atoms with van der Waals surface area (Å²) in [4.78, 5) is 9.63. The molecule has 1 fully saturated rings. The third-order valence-electron chi connectivity index (χ3n) is 2.86. The van der Waals surface area contributed by atoms with Gasteiger partial charge in [0.1, 0.15) is 5.15 Å². The second-order valence-electron chi connectivity index (χ2n) is 4.17. The summed E-state index contributed by atoms with van der Waals surface area (Å²) in [6.07, 6.45) is 0. The molecule has 1 aromatic rings. The first-order valence-corrected chi connectivity index (χ1v) is 6.52. The summed E-state index contributed by atoms with van der Waals surface area (Å²) in [5.41, 5.74) is 0. The smallest absolute Gasteiger partial charge is 0.187 e. The van der Waals surface area contributed by atoms with E-state index in [2.05, 4.69) is 28.8 Å². The number of hydrogen-bond donors (Lipinski definition) is 1. The predicted octanol–water partition coefficient (Wildman–Crippen LogP) is 1.43. The molecule has 0 radical (unpaired) electrons. The molecule has 90 valence electrons. The molecule has 2 rings (SSSR count). The van der Waals surface area contributed by atoms with E-state index < -0.39 is 0 Å². The minimum Gasteiger partial charge on any atom is -0.391 e.